The van der Waals surface area contributed by atoms with Gasteiger partial charge in [0.2, 0.25) is 5.91 Å². The number of carbonyl (C=O) groups is 2. The van der Waals surface area contributed by atoms with Gasteiger partial charge < -0.3 is 10.4 Å². The van der Waals surface area contributed by atoms with Gasteiger partial charge in [-0.25, -0.2) is 4.79 Å². The maximum Gasteiger partial charge on any atom is 0.327 e. The zero-order valence-corrected chi connectivity index (χ0v) is 11.6. The van der Waals surface area contributed by atoms with Gasteiger partial charge in [0.05, 0.1) is 0 Å². The van der Waals surface area contributed by atoms with Crippen molar-refractivity contribution in [3.8, 4) is 0 Å². The number of carbonyl (C=O) groups excluding carboxylic acids is 1. The molecule has 0 saturated carbocycles. The number of carboxylic acid groups (broad SMARTS) is 1. The van der Waals surface area contributed by atoms with E-state index < -0.39 is 12.0 Å². The summed E-state index contributed by atoms with van der Waals surface area (Å²) in [5, 5.41) is 11.7. The Bertz CT molecular complexity index is 361. The van der Waals surface area contributed by atoms with Crippen LogP contribution in [0.1, 0.15) is 26.7 Å². The second-order valence-corrected chi connectivity index (χ2v) is 5.69. The summed E-state index contributed by atoms with van der Waals surface area (Å²) in [6.45, 7) is 6.94. The zero-order chi connectivity index (χ0) is 14.0. The van der Waals surface area contributed by atoms with Gasteiger partial charge in [0, 0.05) is 38.6 Å². The Morgan fingerprint density at radius 1 is 1.42 bits per heavy atom. The van der Waals surface area contributed by atoms with Gasteiger partial charge in [-0.3, -0.25) is 14.6 Å². The predicted octanol–water partition coefficient (Wildman–Crippen LogP) is -0.256. The number of rotatable bonds is 4. The topological polar surface area (TPSA) is 72.9 Å². The molecule has 19 heavy (non-hydrogen) atoms. The van der Waals surface area contributed by atoms with Crippen LogP contribution in [0.15, 0.2) is 0 Å². The molecular formula is C13H23N3O3. The molecule has 6 heteroatoms. The molecule has 1 amide bonds. The Morgan fingerprint density at radius 3 is 2.79 bits per heavy atom. The average molecular weight is 269 g/mol. The van der Waals surface area contributed by atoms with Gasteiger partial charge in [-0.05, 0) is 26.3 Å². The largest absolute Gasteiger partial charge is 0.480 e. The Morgan fingerprint density at radius 2 is 2.16 bits per heavy atom. The van der Waals surface area contributed by atoms with Crippen LogP contribution in [0, 0.1) is 0 Å². The number of nitrogens with one attached hydrogen (secondary N) is 1. The van der Waals surface area contributed by atoms with Crippen LogP contribution in [-0.4, -0.2) is 71.1 Å². The molecule has 3 unspecified atom stereocenters. The Labute approximate surface area is 113 Å². The summed E-state index contributed by atoms with van der Waals surface area (Å²) in [5.74, 6) is -1.25. The summed E-state index contributed by atoms with van der Waals surface area (Å²) < 4.78 is 0. The fourth-order valence-electron chi connectivity index (χ4n) is 3.17. The normalized spacial score (nSPS) is 29.8. The summed E-state index contributed by atoms with van der Waals surface area (Å²) in [5.41, 5.74) is 0. The standard InChI is InChI=1S/C13H23N3O3/c1-9-6-15-5-3-4-11(15)7-16(9)8-12(13(18)19)14-10(2)17/h9,11-12H,3-8H2,1-2H3,(H,14,17)(H,18,19). The van der Waals surface area contributed by atoms with Crippen molar-refractivity contribution in [3.63, 3.8) is 0 Å². The number of piperazine rings is 1. The van der Waals surface area contributed by atoms with Gasteiger partial charge in [-0.2, -0.15) is 0 Å². The number of aliphatic carboxylic acids is 1. The third kappa shape index (κ3) is 3.45. The first-order chi connectivity index (χ1) is 8.97. The van der Waals surface area contributed by atoms with E-state index in [4.69, 9.17) is 0 Å². The van der Waals surface area contributed by atoms with E-state index in [9.17, 15) is 14.7 Å². The van der Waals surface area contributed by atoms with Crippen molar-refractivity contribution in [3.05, 3.63) is 0 Å². The first-order valence-electron chi connectivity index (χ1n) is 6.95. The third-order valence-corrected chi connectivity index (χ3v) is 4.16. The van der Waals surface area contributed by atoms with Crippen LogP contribution < -0.4 is 5.32 Å². The lowest BCUT2D eigenvalue weighted by Crippen LogP contribution is -2.59. The number of nitrogens with zero attached hydrogens (tertiary/aromatic N) is 2. The summed E-state index contributed by atoms with van der Waals surface area (Å²) in [7, 11) is 0. The fraction of sp³-hybridized carbons (Fsp3) is 0.846. The van der Waals surface area contributed by atoms with Gasteiger partial charge in [0.25, 0.3) is 0 Å². The fourth-order valence-corrected chi connectivity index (χ4v) is 3.17. The third-order valence-electron chi connectivity index (χ3n) is 4.16. The van der Waals surface area contributed by atoms with E-state index in [1.807, 2.05) is 0 Å². The lowest BCUT2D eigenvalue weighted by atomic mass is 10.1. The second kappa shape index (κ2) is 5.88. The first-order valence-corrected chi connectivity index (χ1v) is 6.95. The number of amides is 1. The van der Waals surface area contributed by atoms with Gasteiger partial charge in [-0.15, -0.1) is 0 Å². The molecule has 0 bridgehead atoms. The lowest BCUT2D eigenvalue weighted by molar-refractivity contribution is -0.142. The molecule has 2 rings (SSSR count). The minimum atomic E-state index is -0.962. The Hall–Kier alpha value is -1.14. The summed E-state index contributed by atoms with van der Waals surface area (Å²) in [4.78, 5) is 26.9. The van der Waals surface area contributed by atoms with Gasteiger partial charge in [0.15, 0.2) is 0 Å². The van der Waals surface area contributed by atoms with Gasteiger partial charge in [-0.1, -0.05) is 0 Å². The molecule has 2 N–H and O–H groups in total. The van der Waals surface area contributed by atoms with Crippen LogP contribution in [0.5, 0.6) is 0 Å². The lowest BCUT2D eigenvalue weighted by Gasteiger charge is -2.43. The van der Waals surface area contributed by atoms with E-state index in [1.54, 1.807) is 0 Å². The van der Waals surface area contributed by atoms with Crippen molar-refractivity contribution in [1.82, 2.24) is 15.1 Å². The van der Waals surface area contributed by atoms with Crippen molar-refractivity contribution < 1.29 is 14.7 Å². The molecule has 6 nitrogen and oxygen atoms in total. The highest BCUT2D eigenvalue weighted by molar-refractivity contribution is 5.82. The Kier molecular flexibility index (Phi) is 4.42. The molecule has 2 aliphatic rings. The number of hydrogen-bond acceptors (Lipinski definition) is 4. The maximum atomic E-state index is 11.2. The van der Waals surface area contributed by atoms with Crippen molar-refractivity contribution in [2.75, 3.05) is 26.2 Å². The van der Waals surface area contributed by atoms with Crippen molar-refractivity contribution in [2.45, 2.75) is 44.8 Å². The maximum absolute atomic E-state index is 11.2. The van der Waals surface area contributed by atoms with Crippen LogP contribution in [0.4, 0.5) is 0 Å². The monoisotopic (exact) mass is 269 g/mol. The summed E-state index contributed by atoms with van der Waals surface area (Å²) >= 11 is 0. The van der Waals surface area contributed by atoms with Crippen molar-refractivity contribution >= 4 is 11.9 Å². The molecule has 0 aromatic heterocycles. The molecule has 0 aliphatic carbocycles. The highest BCUT2D eigenvalue weighted by Crippen LogP contribution is 2.24. The van der Waals surface area contributed by atoms with Crippen molar-refractivity contribution in [2.24, 2.45) is 0 Å². The molecule has 2 saturated heterocycles. The van der Waals surface area contributed by atoms with Crippen LogP contribution in [0.3, 0.4) is 0 Å². The van der Waals surface area contributed by atoms with E-state index in [1.165, 1.54) is 19.8 Å². The first kappa shape index (κ1) is 14.3. The van der Waals surface area contributed by atoms with E-state index in [0.717, 1.165) is 19.6 Å². The van der Waals surface area contributed by atoms with E-state index >= 15 is 0 Å². The molecule has 0 radical (unpaired) electrons. The minimum Gasteiger partial charge on any atom is -0.480 e. The molecule has 2 heterocycles. The average Bonchev–Trinajstić information content (AvgIpc) is 2.74. The molecule has 0 spiro atoms. The smallest absolute Gasteiger partial charge is 0.327 e. The molecule has 2 fully saturated rings. The van der Waals surface area contributed by atoms with Crippen LogP contribution in [0.2, 0.25) is 0 Å². The van der Waals surface area contributed by atoms with Gasteiger partial charge >= 0.3 is 5.97 Å². The minimum absolute atomic E-state index is 0.292. The van der Waals surface area contributed by atoms with Crippen LogP contribution in [0.25, 0.3) is 0 Å². The Balaban J connectivity index is 1.96. The van der Waals surface area contributed by atoms with E-state index in [-0.39, 0.29) is 5.91 Å². The zero-order valence-electron chi connectivity index (χ0n) is 11.6. The number of hydrogen-bond donors (Lipinski definition) is 2. The molecule has 3 atom stereocenters. The highest BCUT2D eigenvalue weighted by Gasteiger charge is 2.36. The molecule has 0 aromatic carbocycles. The summed E-state index contributed by atoms with van der Waals surface area (Å²) in [6.07, 6.45) is 2.43. The molecule has 0 aromatic rings. The van der Waals surface area contributed by atoms with Crippen LogP contribution >= 0.6 is 0 Å². The molecule has 2 aliphatic heterocycles. The number of fused-ring (bicyclic) bond motifs is 1. The van der Waals surface area contributed by atoms with Crippen LogP contribution in [-0.2, 0) is 9.59 Å². The molecule has 108 valence electrons. The highest BCUT2D eigenvalue weighted by atomic mass is 16.4. The molecular weight excluding hydrogens is 246 g/mol. The quantitative estimate of drug-likeness (QED) is 0.736. The van der Waals surface area contributed by atoms with E-state index in [2.05, 4.69) is 22.0 Å². The number of carboxylic acids is 1. The summed E-state index contributed by atoms with van der Waals surface area (Å²) in [6, 6.07) is 0.0841. The predicted molar refractivity (Wildman–Crippen MR) is 70.9 cm³/mol. The van der Waals surface area contributed by atoms with Gasteiger partial charge in [0.1, 0.15) is 6.04 Å². The van der Waals surface area contributed by atoms with Crippen molar-refractivity contribution in [1.29, 1.82) is 0 Å². The second-order valence-electron chi connectivity index (χ2n) is 5.69. The SMILES string of the molecule is CC(=O)NC(CN1CC2CCCN2CC1C)C(=O)O. The van der Waals surface area contributed by atoms with E-state index in [0.29, 0.717) is 18.6 Å².